The highest BCUT2D eigenvalue weighted by atomic mass is 16.2. The molecule has 0 unspecified atom stereocenters. The van der Waals surface area contributed by atoms with E-state index in [1.54, 1.807) is 0 Å². The molecule has 1 aliphatic heterocycles. The Morgan fingerprint density at radius 1 is 1.24 bits per heavy atom. The van der Waals surface area contributed by atoms with Gasteiger partial charge in [-0.25, -0.2) is 4.79 Å². The molecule has 1 fully saturated rings. The number of carbonyl (C=O) groups excluding carboxylic acids is 1. The molecule has 1 aliphatic rings. The third kappa shape index (κ3) is 3.78. The van der Waals surface area contributed by atoms with E-state index in [2.05, 4.69) is 55.4 Å². The molecule has 0 spiro atoms. The predicted octanol–water partition coefficient (Wildman–Crippen LogP) is 4.82. The fourth-order valence-corrected chi connectivity index (χ4v) is 3.49. The minimum Gasteiger partial charge on any atom is -0.375 e. The molecule has 0 bridgehead atoms. The number of aryl methyl sites for hydroxylation is 1. The molecule has 132 valence electrons. The number of hydrogen-bond donors (Lipinski definition) is 1. The Morgan fingerprint density at radius 3 is 2.80 bits per heavy atom. The number of amides is 2. The first-order valence-corrected chi connectivity index (χ1v) is 9.04. The van der Waals surface area contributed by atoms with Gasteiger partial charge in [0.05, 0.1) is 6.04 Å². The van der Waals surface area contributed by atoms with Crippen molar-refractivity contribution in [3.05, 3.63) is 59.7 Å². The average molecular weight is 337 g/mol. The maximum Gasteiger partial charge on any atom is 0.322 e. The van der Waals surface area contributed by atoms with E-state index in [1.807, 2.05) is 29.2 Å². The molecule has 0 aromatic heterocycles. The number of urea groups is 1. The highest BCUT2D eigenvalue weighted by Gasteiger charge is 2.30. The monoisotopic (exact) mass is 337 g/mol. The van der Waals surface area contributed by atoms with Crippen molar-refractivity contribution in [2.75, 3.05) is 30.4 Å². The van der Waals surface area contributed by atoms with Crippen LogP contribution < -0.4 is 10.2 Å². The van der Waals surface area contributed by atoms with E-state index < -0.39 is 0 Å². The second-order valence-corrected chi connectivity index (χ2v) is 6.70. The average Bonchev–Trinajstić information content (AvgIpc) is 3.11. The molecule has 0 radical (unpaired) electrons. The zero-order chi connectivity index (χ0) is 17.8. The number of anilines is 2. The van der Waals surface area contributed by atoms with E-state index in [1.165, 1.54) is 11.1 Å². The largest absolute Gasteiger partial charge is 0.375 e. The standard InChI is InChI=1S/C21H27N3O/c1-4-23(3)18-11-7-10-17(15-18)22-21(25)24-14-8-13-20(24)19-12-6-5-9-16(19)2/h5-7,9-12,15,20H,4,8,13-14H2,1-3H3,(H,22,25)/t20-/m1/s1. The van der Waals surface area contributed by atoms with Crippen LogP contribution in [0.3, 0.4) is 0 Å². The van der Waals surface area contributed by atoms with E-state index in [-0.39, 0.29) is 12.1 Å². The Morgan fingerprint density at radius 2 is 2.04 bits per heavy atom. The van der Waals surface area contributed by atoms with Gasteiger partial charge in [0.2, 0.25) is 0 Å². The van der Waals surface area contributed by atoms with Crippen molar-refractivity contribution in [1.82, 2.24) is 4.90 Å². The number of nitrogens with zero attached hydrogens (tertiary/aromatic N) is 2. The van der Waals surface area contributed by atoms with Gasteiger partial charge in [0.25, 0.3) is 0 Å². The van der Waals surface area contributed by atoms with Crippen molar-refractivity contribution in [3.63, 3.8) is 0 Å². The number of likely N-dealkylation sites (tertiary alicyclic amines) is 1. The molecule has 25 heavy (non-hydrogen) atoms. The van der Waals surface area contributed by atoms with Crippen LogP contribution in [-0.2, 0) is 0 Å². The molecule has 4 heteroatoms. The fraction of sp³-hybridized carbons (Fsp3) is 0.381. The number of carbonyl (C=O) groups is 1. The second-order valence-electron chi connectivity index (χ2n) is 6.70. The lowest BCUT2D eigenvalue weighted by atomic mass is 9.99. The minimum absolute atomic E-state index is 0.0120. The number of nitrogens with one attached hydrogen (secondary N) is 1. The van der Waals surface area contributed by atoms with Crippen molar-refractivity contribution >= 4 is 17.4 Å². The Balaban J connectivity index is 1.76. The van der Waals surface area contributed by atoms with Gasteiger partial charge in [-0.2, -0.15) is 0 Å². The molecule has 0 saturated carbocycles. The SMILES string of the molecule is CCN(C)c1cccc(NC(=O)N2CCC[C@@H]2c2ccccc2C)c1. The van der Waals surface area contributed by atoms with Crippen molar-refractivity contribution in [1.29, 1.82) is 0 Å². The quantitative estimate of drug-likeness (QED) is 0.868. The molecule has 1 N–H and O–H groups in total. The highest BCUT2D eigenvalue weighted by molar-refractivity contribution is 5.90. The summed E-state index contributed by atoms with van der Waals surface area (Å²) in [7, 11) is 2.05. The van der Waals surface area contributed by atoms with E-state index >= 15 is 0 Å². The van der Waals surface area contributed by atoms with E-state index in [0.717, 1.165) is 37.3 Å². The first-order valence-electron chi connectivity index (χ1n) is 9.04. The van der Waals surface area contributed by atoms with Gasteiger partial charge in [-0.05, 0) is 56.0 Å². The van der Waals surface area contributed by atoms with Crippen molar-refractivity contribution in [2.24, 2.45) is 0 Å². The first-order chi connectivity index (χ1) is 12.1. The summed E-state index contributed by atoms with van der Waals surface area (Å²) >= 11 is 0. The molecular weight excluding hydrogens is 310 g/mol. The molecule has 3 rings (SSSR count). The number of rotatable bonds is 4. The van der Waals surface area contributed by atoms with Crippen molar-refractivity contribution in [3.8, 4) is 0 Å². The molecule has 1 saturated heterocycles. The minimum atomic E-state index is -0.0120. The van der Waals surface area contributed by atoms with Gasteiger partial charge in [0, 0.05) is 31.5 Å². The van der Waals surface area contributed by atoms with Gasteiger partial charge in [-0.15, -0.1) is 0 Å². The Kier molecular flexibility index (Phi) is 5.27. The summed E-state index contributed by atoms with van der Waals surface area (Å²) < 4.78 is 0. The van der Waals surface area contributed by atoms with Crippen LogP contribution in [0.15, 0.2) is 48.5 Å². The summed E-state index contributed by atoms with van der Waals surface area (Å²) in [5.41, 5.74) is 4.46. The van der Waals surface area contributed by atoms with Crippen LogP contribution in [0.5, 0.6) is 0 Å². The topological polar surface area (TPSA) is 35.6 Å². The summed E-state index contributed by atoms with van der Waals surface area (Å²) in [5.74, 6) is 0. The second kappa shape index (κ2) is 7.60. The van der Waals surface area contributed by atoms with Crippen LogP contribution in [0.4, 0.5) is 16.2 Å². The summed E-state index contributed by atoms with van der Waals surface area (Å²) in [4.78, 5) is 17.0. The predicted molar refractivity (Wildman–Crippen MR) is 104 cm³/mol. The summed E-state index contributed by atoms with van der Waals surface area (Å²) in [6.45, 7) is 5.97. The van der Waals surface area contributed by atoms with Gasteiger partial charge in [0.15, 0.2) is 0 Å². The number of benzene rings is 2. The van der Waals surface area contributed by atoms with Crippen LogP contribution in [0, 0.1) is 6.92 Å². The molecule has 2 amide bonds. The van der Waals surface area contributed by atoms with Gasteiger partial charge < -0.3 is 15.1 Å². The molecule has 2 aromatic rings. The normalized spacial score (nSPS) is 16.8. The maximum atomic E-state index is 12.9. The molecular formula is C21H27N3O. The Bertz CT molecular complexity index is 743. The zero-order valence-corrected chi connectivity index (χ0v) is 15.3. The molecule has 4 nitrogen and oxygen atoms in total. The smallest absolute Gasteiger partial charge is 0.322 e. The van der Waals surface area contributed by atoms with Gasteiger partial charge in [0.1, 0.15) is 0 Å². The van der Waals surface area contributed by atoms with Crippen molar-refractivity contribution in [2.45, 2.75) is 32.7 Å². The lowest BCUT2D eigenvalue weighted by Crippen LogP contribution is -2.34. The molecule has 0 aliphatic carbocycles. The van der Waals surface area contributed by atoms with Crippen LogP contribution in [0.1, 0.15) is 36.9 Å². The third-order valence-electron chi connectivity index (χ3n) is 5.07. The Hall–Kier alpha value is -2.49. The van der Waals surface area contributed by atoms with Gasteiger partial charge in [-0.1, -0.05) is 30.3 Å². The lowest BCUT2D eigenvalue weighted by Gasteiger charge is -2.27. The summed E-state index contributed by atoms with van der Waals surface area (Å²) in [6.07, 6.45) is 2.07. The zero-order valence-electron chi connectivity index (χ0n) is 15.3. The van der Waals surface area contributed by atoms with Crippen LogP contribution >= 0.6 is 0 Å². The summed E-state index contributed by atoms with van der Waals surface area (Å²) in [6, 6.07) is 16.5. The maximum absolute atomic E-state index is 12.9. The van der Waals surface area contributed by atoms with E-state index in [0.29, 0.717) is 0 Å². The first kappa shape index (κ1) is 17.3. The van der Waals surface area contributed by atoms with Gasteiger partial charge >= 0.3 is 6.03 Å². The van der Waals surface area contributed by atoms with E-state index in [9.17, 15) is 4.79 Å². The van der Waals surface area contributed by atoms with Crippen LogP contribution in [-0.4, -0.2) is 31.1 Å². The van der Waals surface area contributed by atoms with E-state index in [4.69, 9.17) is 0 Å². The summed E-state index contributed by atoms with van der Waals surface area (Å²) in [5, 5.41) is 3.08. The van der Waals surface area contributed by atoms with Crippen molar-refractivity contribution < 1.29 is 4.79 Å². The lowest BCUT2D eigenvalue weighted by molar-refractivity contribution is 0.207. The molecule has 1 heterocycles. The Labute approximate surface area is 150 Å². The molecule has 2 aromatic carbocycles. The van der Waals surface area contributed by atoms with Crippen LogP contribution in [0.2, 0.25) is 0 Å². The van der Waals surface area contributed by atoms with Gasteiger partial charge in [-0.3, -0.25) is 0 Å². The molecule has 1 atom stereocenters. The number of hydrogen-bond acceptors (Lipinski definition) is 2. The highest BCUT2D eigenvalue weighted by Crippen LogP contribution is 2.34. The third-order valence-corrected chi connectivity index (χ3v) is 5.07. The van der Waals surface area contributed by atoms with Crippen LogP contribution in [0.25, 0.3) is 0 Å². The fourth-order valence-electron chi connectivity index (χ4n) is 3.49.